The summed E-state index contributed by atoms with van der Waals surface area (Å²) in [6, 6.07) is 12.3. The number of amides is 1. The van der Waals surface area contributed by atoms with Crippen LogP contribution in [-0.2, 0) is 16.1 Å². The normalized spacial score (nSPS) is 19.2. The maximum Gasteiger partial charge on any atom is 0.227 e. The van der Waals surface area contributed by atoms with E-state index in [1.54, 1.807) is 6.20 Å². The molecule has 2 aromatic rings. The molecule has 2 heterocycles. The van der Waals surface area contributed by atoms with Crippen molar-refractivity contribution in [2.24, 2.45) is 5.92 Å². The molecule has 0 N–H and O–H groups in total. The van der Waals surface area contributed by atoms with Crippen LogP contribution in [0.3, 0.4) is 0 Å². The Bertz CT molecular complexity index is 627. The molecule has 0 spiro atoms. The predicted octanol–water partition coefficient (Wildman–Crippen LogP) is 2.90. The monoisotopic (exact) mass is 327 g/mol. The molecule has 0 saturated carbocycles. The van der Waals surface area contributed by atoms with Gasteiger partial charge in [-0.1, -0.05) is 37.3 Å². The first-order valence-corrected chi connectivity index (χ1v) is 8.63. The molecule has 5 heteroatoms. The fourth-order valence-electron chi connectivity index (χ4n) is 3.18. The van der Waals surface area contributed by atoms with Crippen molar-refractivity contribution in [1.82, 2.24) is 14.7 Å². The molecule has 1 amide bonds. The van der Waals surface area contributed by atoms with Crippen LogP contribution in [0.15, 0.2) is 48.8 Å². The zero-order valence-corrected chi connectivity index (χ0v) is 14.2. The fourth-order valence-corrected chi connectivity index (χ4v) is 3.18. The van der Waals surface area contributed by atoms with Crippen LogP contribution in [0.4, 0.5) is 0 Å². The quantitative estimate of drug-likeness (QED) is 0.819. The molecule has 3 rings (SSSR count). The third kappa shape index (κ3) is 4.23. The van der Waals surface area contributed by atoms with Crippen molar-refractivity contribution < 1.29 is 9.53 Å². The first-order valence-electron chi connectivity index (χ1n) is 8.63. The average Bonchev–Trinajstić information content (AvgIpc) is 3.17. The summed E-state index contributed by atoms with van der Waals surface area (Å²) in [5, 5.41) is 4.32. The molecular formula is C19H25N3O2. The topological polar surface area (TPSA) is 47.4 Å². The molecule has 0 bridgehead atoms. The number of piperidine rings is 1. The van der Waals surface area contributed by atoms with Crippen molar-refractivity contribution in [3.63, 3.8) is 0 Å². The summed E-state index contributed by atoms with van der Waals surface area (Å²) in [6.07, 6.45) is 5.87. The van der Waals surface area contributed by atoms with E-state index >= 15 is 0 Å². The number of carbonyl (C=O) groups is 1. The number of rotatable bonds is 6. The number of ether oxygens (including phenoxy) is 1. The lowest BCUT2D eigenvalue weighted by atomic mass is 10.0. The zero-order valence-electron chi connectivity index (χ0n) is 14.2. The third-order valence-electron chi connectivity index (χ3n) is 4.51. The van der Waals surface area contributed by atoms with Gasteiger partial charge in [-0.05, 0) is 24.5 Å². The van der Waals surface area contributed by atoms with Gasteiger partial charge in [0, 0.05) is 25.5 Å². The highest BCUT2D eigenvalue weighted by Gasteiger charge is 2.27. The van der Waals surface area contributed by atoms with E-state index in [-0.39, 0.29) is 17.9 Å². The standard InChI is InChI=1S/C19H25N3O2/c1-16(14-24-15-17-7-3-2-4-8-17)19(23)21-11-5-9-18(13-21)22-12-6-10-20-22/h2-4,6-8,10,12,16,18H,5,9,11,13-15H2,1H3. The Kier molecular flexibility index (Phi) is 5.64. The number of aromatic nitrogens is 2. The van der Waals surface area contributed by atoms with Gasteiger partial charge < -0.3 is 9.64 Å². The minimum Gasteiger partial charge on any atom is -0.376 e. The van der Waals surface area contributed by atoms with E-state index in [9.17, 15) is 4.79 Å². The summed E-state index contributed by atoms with van der Waals surface area (Å²) in [4.78, 5) is 14.6. The zero-order chi connectivity index (χ0) is 16.8. The van der Waals surface area contributed by atoms with Gasteiger partial charge >= 0.3 is 0 Å². The molecular weight excluding hydrogens is 302 g/mol. The van der Waals surface area contributed by atoms with Crippen molar-refractivity contribution in [2.75, 3.05) is 19.7 Å². The van der Waals surface area contributed by atoms with E-state index in [2.05, 4.69) is 5.10 Å². The maximum absolute atomic E-state index is 12.7. The van der Waals surface area contributed by atoms with Gasteiger partial charge in [-0.25, -0.2) is 0 Å². The molecule has 1 fully saturated rings. The second kappa shape index (κ2) is 8.11. The van der Waals surface area contributed by atoms with Crippen molar-refractivity contribution in [3.8, 4) is 0 Å². The van der Waals surface area contributed by atoms with Gasteiger partial charge in [0.1, 0.15) is 0 Å². The first kappa shape index (κ1) is 16.7. The van der Waals surface area contributed by atoms with Crippen LogP contribution < -0.4 is 0 Å². The van der Waals surface area contributed by atoms with Crippen LogP contribution in [0.25, 0.3) is 0 Å². The van der Waals surface area contributed by atoms with E-state index in [4.69, 9.17) is 4.74 Å². The summed E-state index contributed by atoms with van der Waals surface area (Å²) in [7, 11) is 0. The van der Waals surface area contributed by atoms with E-state index in [1.165, 1.54) is 0 Å². The number of benzene rings is 1. The van der Waals surface area contributed by atoms with E-state index in [0.29, 0.717) is 13.2 Å². The molecule has 24 heavy (non-hydrogen) atoms. The largest absolute Gasteiger partial charge is 0.376 e. The molecule has 0 radical (unpaired) electrons. The van der Waals surface area contributed by atoms with Gasteiger partial charge in [-0.15, -0.1) is 0 Å². The van der Waals surface area contributed by atoms with Crippen LogP contribution in [0.1, 0.15) is 31.4 Å². The van der Waals surface area contributed by atoms with Crippen LogP contribution in [-0.4, -0.2) is 40.3 Å². The van der Waals surface area contributed by atoms with Crippen molar-refractivity contribution >= 4 is 5.91 Å². The van der Waals surface area contributed by atoms with Crippen LogP contribution in [0.5, 0.6) is 0 Å². The summed E-state index contributed by atoms with van der Waals surface area (Å²) < 4.78 is 7.70. The van der Waals surface area contributed by atoms with Crippen molar-refractivity contribution in [2.45, 2.75) is 32.4 Å². The Morgan fingerprint density at radius 2 is 2.17 bits per heavy atom. The van der Waals surface area contributed by atoms with Gasteiger partial charge in [0.05, 0.1) is 25.2 Å². The Morgan fingerprint density at radius 1 is 1.33 bits per heavy atom. The minimum absolute atomic E-state index is 0.120. The second-order valence-electron chi connectivity index (χ2n) is 6.47. The highest BCUT2D eigenvalue weighted by atomic mass is 16.5. The molecule has 128 valence electrons. The Labute approximate surface area is 143 Å². The van der Waals surface area contributed by atoms with Gasteiger partial charge in [0.25, 0.3) is 0 Å². The summed E-state index contributed by atoms with van der Waals surface area (Å²) >= 11 is 0. The second-order valence-corrected chi connectivity index (χ2v) is 6.47. The molecule has 1 aliphatic rings. The smallest absolute Gasteiger partial charge is 0.227 e. The lowest BCUT2D eigenvalue weighted by Gasteiger charge is -2.34. The Morgan fingerprint density at radius 3 is 2.92 bits per heavy atom. The van der Waals surface area contributed by atoms with Gasteiger partial charge in [-0.3, -0.25) is 9.48 Å². The van der Waals surface area contributed by atoms with Crippen LogP contribution in [0.2, 0.25) is 0 Å². The Balaban J connectivity index is 1.48. The average molecular weight is 327 g/mol. The summed E-state index contributed by atoms with van der Waals surface area (Å²) in [5.74, 6) is 0.0602. The lowest BCUT2D eigenvalue weighted by molar-refractivity contribution is -0.138. The SMILES string of the molecule is CC(COCc1ccccc1)C(=O)N1CCCC(n2cccn2)C1. The van der Waals surface area contributed by atoms with E-state index in [0.717, 1.165) is 31.5 Å². The fraction of sp³-hybridized carbons (Fsp3) is 0.474. The molecule has 1 aromatic heterocycles. The van der Waals surface area contributed by atoms with Crippen molar-refractivity contribution in [3.05, 3.63) is 54.4 Å². The van der Waals surface area contributed by atoms with Crippen LogP contribution >= 0.6 is 0 Å². The van der Waals surface area contributed by atoms with Crippen LogP contribution in [0, 0.1) is 5.92 Å². The highest BCUT2D eigenvalue weighted by molar-refractivity contribution is 5.78. The summed E-state index contributed by atoms with van der Waals surface area (Å²) in [5.41, 5.74) is 1.13. The van der Waals surface area contributed by atoms with Gasteiger partial charge in [0.15, 0.2) is 0 Å². The summed E-state index contributed by atoms with van der Waals surface area (Å²) in [6.45, 7) is 4.53. The predicted molar refractivity (Wildman–Crippen MR) is 92.3 cm³/mol. The number of likely N-dealkylation sites (tertiary alicyclic amines) is 1. The number of carbonyl (C=O) groups excluding carboxylic acids is 1. The number of hydrogen-bond acceptors (Lipinski definition) is 3. The maximum atomic E-state index is 12.7. The lowest BCUT2D eigenvalue weighted by Crippen LogP contribution is -2.44. The molecule has 1 aromatic carbocycles. The molecule has 2 atom stereocenters. The van der Waals surface area contributed by atoms with Gasteiger partial charge in [0.2, 0.25) is 5.91 Å². The van der Waals surface area contributed by atoms with E-state index in [1.807, 2.05) is 59.1 Å². The first-order chi connectivity index (χ1) is 11.7. The third-order valence-corrected chi connectivity index (χ3v) is 4.51. The molecule has 2 unspecified atom stereocenters. The minimum atomic E-state index is -0.120. The molecule has 5 nitrogen and oxygen atoms in total. The van der Waals surface area contributed by atoms with Gasteiger partial charge in [-0.2, -0.15) is 5.10 Å². The number of hydrogen-bond donors (Lipinski definition) is 0. The molecule has 1 saturated heterocycles. The molecule has 0 aliphatic carbocycles. The highest BCUT2D eigenvalue weighted by Crippen LogP contribution is 2.22. The van der Waals surface area contributed by atoms with Crippen molar-refractivity contribution in [1.29, 1.82) is 0 Å². The Hall–Kier alpha value is -2.14. The number of nitrogens with zero attached hydrogens (tertiary/aromatic N) is 3. The molecule has 1 aliphatic heterocycles. The van der Waals surface area contributed by atoms with E-state index < -0.39 is 0 Å².